The van der Waals surface area contributed by atoms with Crippen LogP contribution >= 0.6 is 0 Å². The summed E-state index contributed by atoms with van der Waals surface area (Å²) in [5.41, 5.74) is 14.6. The van der Waals surface area contributed by atoms with Crippen LogP contribution in [0.5, 0.6) is 74.7 Å². The molecule has 0 aliphatic carbocycles. The van der Waals surface area contributed by atoms with Crippen molar-refractivity contribution < 1.29 is 118 Å². The number of H-pyrrole nitrogens is 2. The Hall–Kier alpha value is -14.0. The molecule has 29 nitrogen and oxygen atoms in total. The van der Waals surface area contributed by atoms with Gasteiger partial charge in [-0.25, -0.2) is 9.97 Å². The zero-order valence-electron chi connectivity index (χ0n) is 82.3. The number of rotatable bonds is 63. The highest BCUT2D eigenvalue weighted by Gasteiger charge is 2.27. The quantitative estimate of drug-likeness (QED) is 0.0335. The molecule has 11 aromatic carbocycles. The Kier molecular flexibility index (Phi) is 39.3. The molecule has 5 heterocycles. The van der Waals surface area contributed by atoms with Gasteiger partial charge in [0.1, 0.15) is 126 Å². The zero-order valence-corrected chi connectivity index (χ0v) is 82.3. The summed E-state index contributed by atoms with van der Waals surface area (Å²) in [6.07, 6.45) is 0. The molecule has 2 N–H and O–H groups in total. The first-order valence-electron chi connectivity index (χ1n) is 48.3. The summed E-state index contributed by atoms with van der Waals surface area (Å²) in [5, 5.41) is 3.08. The maximum Gasteiger partial charge on any atom is 0.162 e. The van der Waals surface area contributed by atoms with E-state index in [1.807, 2.05) is 243 Å². The maximum atomic E-state index is 7.10. The molecule has 754 valence electrons. The summed E-state index contributed by atoms with van der Waals surface area (Å²) in [5.74, 6) is 6.79. The fourth-order valence-electron chi connectivity index (χ4n) is 16.1. The van der Waals surface area contributed by atoms with E-state index in [9.17, 15) is 0 Å². The number of fused-ring (bicyclic) bond motifs is 20. The molecule has 29 heteroatoms. The van der Waals surface area contributed by atoms with Crippen molar-refractivity contribution in [3.63, 3.8) is 0 Å². The Labute approximate surface area is 838 Å². The van der Waals surface area contributed by atoms with E-state index in [0.29, 0.717) is 225 Å². The third-order valence-corrected chi connectivity index (χ3v) is 23.2. The molecule has 8 bridgehead atoms. The average Bonchev–Trinajstić information content (AvgIpc) is 1.59. The molecule has 0 unspecified atom stereocenters. The van der Waals surface area contributed by atoms with Crippen molar-refractivity contribution in [3.8, 4) is 120 Å². The van der Waals surface area contributed by atoms with E-state index in [-0.39, 0.29) is 99.1 Å². The van der Waals surface area contributed by atoms with Crippen molar-refractivity contribution in [2.75, 3.05) is 201 Å². The number of nitrogens with one attached hydrogen (secondary N) is 2. The third kappa shape index (κ3) is 30.1. The van der Waals surface area contributed by atoms with Crippen LogP contribution < -0.4 is 61.6 Å². The molecular weight excluding hydrogens is 1840 g/mol. The van der Waals surface area contributed by atoms with Crippen LogP contribution in [0.2, 0.25) is 0 Å². The summed E-state index contributed by atoms with van der Waals surface area (Å²) in [6.45, 7) is 9.23. The second-order valence-electron chi connectivity index (χ2n) is 33.6. The second kappa shape index (κ2) is 55.0. The molecule has 2 aliphatic heterocycles. The van der Waals surface area contributed by atoms with E-state index in [2.05, 4.69) is 22.1 Å². The molecule has 0 radical (unpaired) electrons. The van der Waals surface area contributed by atoms with E-state index >= 15 is 0 Å². The first-order valence-corrected chi connectivity index (χ1v) is 48.3. The highest BCUT2D eigenvalue weighted by molar-refractivity contribution is 6.12. The number of aromatic amines is 2. The highest BCUT2D eigenvalue weighted by atomic mass is 16.6. The van der Waals surface area contributed by atoms with Crippen LogP contribution in [-0.4, -0.2) is 221 Å². The van der Waals surface area contributed by atoms with Gasteiger partial charge in [0.2, 0.25) is 0 Å². The lowest BCUT2D eigenvalue weighted by molar-refractivity contribution is 0.0499. The molecule has 16 rings (SSSR count). The van der Waals surface area contributed by atoms with Crippen LogP contribution in [0.3, 0.4) is 0 Å². The molecular formula is C115H124N4O25. The van der Waals surface area contributed by atoms with Crippen molar-refractivity contribution in [1.82, 2.24) is 19.9 Å². The number of ether oxygens (including phenoxy) is 25. The van der Waals surface area contributed by atoms with Crippen molar-refractivity contribution in [1.29, 1.82) is 0 Å². The largest absolute Gasteiger partial charge is 0.489 e. The molecule has 0 saturated carbocycles. The molecule has 2 aliphatic rings. The first kappa shape index (κ1) is 103. The fourth-order valence-corrected chi connectivity index (χ4v) is 16.1. The summed E-state index contributed by atoms with van der Waals surface area (Å²) in [4.78, 5) is 19.1. The number of methoxy groups -OCH3 is 6. The van der Waals surface area contributed by atoms with Gasteiger partial charge >= 0.3 is 0 Å². The van der Waals surface area contributed by atoms with Gasteiger partial charge in [-0.1, -0.05) is 121 Å². The predicted molar refractivity (Wildman–Crippen MR) is 549 cm³/mol. The van der Waals surface area contributed by atoms with E-state index in [1.54, 1.807) is 42.7 Å². The molecule has 0 atom stereocenters. The van der Waals surface area contributed by atoms with Gasteiger partial charge in [0.05, 0.1) is 142 Å². The maximum absolute atomic E-state index is 7.10. The van der Waals surface area contributed by atoms with Crippen LogP contribution in [0, 0.1) is 0 Å². The minimum Gasteiger partial charge on any atom is -0.489 e. The molecule has 3 aromatic heterocycles. The summed E-state index contributed by atoms with van der Waals surface area (Å²) >= 11 is 0. The van der Waals surface area contributed by atoms with Gasteiger partial charge < -0.3 is 128 Å². The van der Waals surface area contributed by atoms with E-state index in [4.69, 9.17) is 128 Å². The predicted octanol–water partition coefficient (Wildman–Crippen LogP) is 20.6. The van der Waals surface area contributed by atoms with Gasteiger partial charge in [-0.05, 0) is 154 Å². The van der Waals surface area contributed by atoms with Gasteiger partial charge in [0, 0.05) is 127 Å². The number of hydrogen-bond acceptors (Lipinski definition) is 27. The summed E-state index contributed by atoms with van der Waals surface area (Å²) < 4.78 is 155. The van der Waals surface area contributed by atoms with E-state index in [1.165, 1.54) is 0 Å². The number of hydrogen-bond donors (Lipinski definition) is 2. The zero-order chi connectivity index (χ0) is 98.9. The Morgan fingerprint density at radius 3 is 0.639 bits per heavy atom. The Morgan fingerprint density at radius 1 is 0.174 bits per heavy atom. The van der Waals surface area contributed by atoms with Gasteiger partial charge in [0.25, 0.3) is 0 Å². The summed E-state index contributed by atoms with van der Waals surface area (Å²) in [7, 11) is 9.82. The minimum absolute atomic E-state index is 0.0572. The van der Waals surface area contributed by atoms with Gasteiger partial charge in [-0.2, -0.15) is 0 Å². The number of nitrogens with zero attached hydrogens (tertiary/aromatic N) is 2. The molecule has 0 spiro atoms. The smallest absolute Gasteiger partial charge is 0.162 e. The lowest BCUT2D eigenvalue weighted by Crippen LogP contribution is -2.12. The Bertz CT molecular complexity index is 6290. The SMILES string of the molecule is COCCOCCOc1cc2c(cc1OCCOCCOC)-c1cc3[nH]c(cc4nc(cc5[nH]c(cc-2n1)c1cc(OCCOCCOC)c(OCCOCCOC)cc51)-c1ccc(OCc2cc(OCc5cc(OCc6ccccc6)cc(OCc6ccccc6)c5)cc(OCc5cc(OCc6ccccc6)cc(OCc6ccccc6)c5)c2)cc1-4)c1cc(OCCOCCOC)c(OCCOCCOC)cc31. The number of benzene rings is 11. The van der Waals surface area contributed by atoms with Gasteiger partial charge in [0.15, 0.2) is 34.5 Å². The summed E-state index contributed by atoms with van der Waals surface area (Å²) in [6, 6.07) is 83.8. The van der Waals surface area contributed by atoms with Crippen molar-refractivity contribution >= 4 is 43.6 Å². The third-order valence-electron chi connectivity index (χ3n) is 23.2. The van der Waals surface area contributed by atoms with Gasteiger partial charge in [-0.3, -0.25) is 0 Å². The van der Waals surface area contributed by atoms with Crippen LogP contribution in [-0.2, 0) is 103 Å². The highest BCUT2D eigenvalue weighted by Crippen LogP contribution is 2.48. The standard InChI is InChI=1S/C115H124N4O25/c1-120-29-35-126-41-47-132-110-63-96-97(64-111(110)133-48-42-127-36-30-121-2)106-71-108-100-67-114(136-51-45-130-39-33-124-5)115(137-52-46-131-40-34-125-6)68-101(100)109(119-108)72-107-99-66-113(135-50-44-129-38-32-123-4)112(134-49-43-128-37-31-122-3)65-98(99)105(118-107)70-103-95-62-87(27-28-94(95)102(116-103)69-104(96)117-106)138-77-84-53-92(143-78-85-55-88(139-73-80-19-11-7-12-20-80)59-89(56-85)140-74-81-21-13-8-14-22-81)61-93(54-84)144-79-86-57-90(141-75-82-23-15-9-16-24-82)60-91(58-86)142-76-83-25-17-10-18-26-83/h7-28,53-72,117-118H,29-52,73-79H2,1-6H3. The minimum atomic E-state index is 0.0572. The van der Waals surface area contributed by atoms with E-state index in [0.717, 1.165) is 82.7 Å². The number of aromatic nitrogens is 4. The molecule has 14 aromatic rings. The second-order valence-corrected chi connectivity index (χ2v) is 33.6. The van der Waals surface area contributed by atoms with Crippen molar-refractivity contribution in [2.24, 2.45) is 0 Å². The Balaban J connectivity index is 0.834. The molecule has 144 heavy (non-hydrogen) atoms. The average molecular weight is 1960 g/mol. The van der Waals surface area contributed by atoms with Gasteiger partial charge in [-0.15, -0.1) is 0 Å². The topological polar surface area (TPSA) is 288 Å². The molecule has 0 saturated heterocycles. The lowest BCUT2D eigenvalue weighted by atomic mass is 10.0. The Morgan fingerprint density at radius 2 is 0.389 bits per heavy atom. The van der Waals surface area contributed by atoms with Crippen LogP contribution in [0.4, 0.5) is 0 Å². The molecule has 0 amide bonds. The first-order chi connectivity index (χ1) is 71.1. The fraction of sp³-hybridized carbons (Fsp3) is 0.322. The van der Waals surface area contributed by atoms with Crippen LogP contribution in [0.15, 0.2) is 255 Å². The van der Waals surface area contributed by atoms with E-state index < -0.39 is 0 Å². The monoisotopic (exact) mass is 1960 g/mol. The van der Waals surface area contributed by atoms with Crippen LogP contribution in [0.25, 0.3) is 88.6 Å². The normalized spacial score (nSPS) is 11.5. The lowest BCUT2D eigenvalue weighted by Gasteiger charge is -2.16. The van der Waals surface area contributed by atoms with Crippen molar-refractivity contribution in [2.45, 2.75) is 46.2 Å². The van der Waals surface area contributed by atoms with Crippen molar-refractivity contribution in [3.05, 3.63) is 294 Å². The molecule has 0 fully saturated rings. The van der Waals surface area contributed by atoms with Crippen LogP contribution in [0.1, 0.15) is 38.9 Å².